The fourth-order valence-corrected chi connectivity index (χ4v) is 2.38. The molecule has 0 aromatic heterocycles. The topological polar surface area (TPSA) is 0 Å². The summed E-state index contributed by atoms with van der Waals surface area (Å²) in [6.45, 7) is 0. The molecular weight excluding hydrogens is 257 g/mol. The van der Waals surface area contributed by atoms with Gasteiger partial charge in [0, 0.05) is 11.6 Å². The maximum atomic E-state index is 12.4. The molecule has 5 heteroatoms. The van der Waals surface area contributed by atoms with Gasteiger partial charge >= 0.3 is 6.18 Å². The number of rotatable bonds is 5. The maximum Gasteiger partial charge on any atom is 0.416 e. The van der Waals surface area contributed by atoms with E-state index in [4.69, 9.17) is 11.6 Å². The molecule has 0 aliphatic rings. The van der Waals surface area contributed by atoms with Crippen molar-refractivity contribution in [1.82, 2.24) is 0 Å². The normalized spacial score (nSPS) is 11.8. The SMILES string of the molecule is FC(F)(F)c1cccc(CSCCCCl)c1. The van der Waals surface area contributed by atoms with Gasteiger partial charge < -0.3 is 0 Å². The van der Waals surface area contributed by atoms with Crippen LogP contribution in [0.1, 0.15) is 17.5 Å². The van der Waals surface area contributed by atoms with Gasteiger partial charge in [-0.05, 0) is 23.8 Å². The van der Waals surface area contributed by atoms with Crippen molar-refractivity contribution in [3.05, 3.63) is 35.4 Å². The number of alkyl halides is 4. The van der Waals surface area contributed by atoms with E-state index in [0.717, 1.165) is 18.2 Å². The minimum atomic E-state index is -4.25. The van der Waals surface area contributed by atoms with Crippen LogP contribution in [0.2, 0.25) is 0 Å². The van der Waals surface area contributed by atoms with E-state index in [-0.39, 0.29) is 0 Å². The van der Waals surface area contributed by atoms with Crippen molar-refractivity contribution in [2.75, 3.05) is 11.6 Å². The van der Waals surface area contributed by atoms with E-state index < -0.39 is 11.7 Å². The number of benzene rings is 1. The predicted octanol–water partition coefficient (Wildman–Crippen LogP) is 4.57. The lowest BCUT2D eigenvalue weighted by Gasteiger charge is -2.08. The van der Waals surface area contributed by atoms with E-state index in [0.29, 0.717) is 17.2 Å². The highest BCUT2D eigenvalue weighted by Crippen LogP contribution is 2.30. The van der Waals surface area contributed by atoms with E-state index >= 15 is 0 Å². The Balaban J connectivity index is 2.54. The zero-order valence-electron chi connectivity index (χ0n) is 8.56. The number of halogens is 4. The van der Waals surface area contributed by atoms with Crippen LogP contribution in [0.25, 0.3) is 0 Å². The molecule has 1 aromatic carbocycles. The molecule has 90 valence electrons. The Morgan fingerprint density at radius 3 is 2.62 bits per heavy atom. The number of hydrogen-bond donors (Lipinski definition) is 0. The van der Waals surface area contributed by atoms with E-state index in [1.807, 2.05) is 0 Å². The molecule has 1 rings (SSSR count). The van der Waals surface area contributed by atoms with Gasteiger partial charge in [-0.25, -0.2) is 0 Å². The summed E-state index contributed by atoms with van der Waals surface area (Å²) >= 11 is 7.10. The molecule has 0 nitrogen and oxygen atoms in total. The minimum Gasteiger partial charge on any atom is -0.166 e. The molecule has 16 heavy (non-hydrogen) atoms. The molecule has 1 aromatic rings. The number of thioether (sulfide) groups is 1. The molecule has 0 unspecified atom stereocenters. The second kappa shape index (κ2) is 6.40. The Hall–Kier alpha value is -0.350. The summed E-state index contributed by atoms with van der Waals surface area (Å²) in [7, 11) is 0. The third-order valence-corrected chi connectivity index (χ3v) is 3.33. The lowest BCUT2D eigenvalue weighted by molar-refractivity contribution is -0.137. The van der Waals surface area contributed by atoms with E-state index in [1.165, 1.54) is 12.1 Å². The molecule has 0 aliphatic carbocycles. The first-order valence-corrected chi connectivity index (χ1v) is 6.53. The Labute approximate surface area is 102 Å². The van der Waals surface area contributed by atoms with Crippen molar-refractivity contribution >= 4 is 23.4 Å². The van der Waals surface area contributed by atoms with Crippen LogP contribution < -0.4 is 0 Å². The van der Waals surface area contributed by atoms with Gasteiger partial charge in [-0.3, -0.25) is 0 Å². The van der Waals surface area contributed by atoms with E-state index in [2.05, 4.69) is 0 Å². The van der Waals surface area contributed by atoms with Gasteiger partial charge in [-0.15, -0.1) is 11.6 Å². The van der Waals surface area contributed by atoms with Gasteiger partial charge in [0.15, 0.2) is 0 Å². The second-order valence-electron chi connectivity index (χ2n) is 3.29. The van der Waals surface area contributed by atoms with Crippen LogP contribution in [0.15, 0.2) is 24.3 Å². The molecule has 0 bridgehead atoms. The van der Waals surface area contributed by atoms with Crippen molar-refractivity contribution in [1.29, 1.82) is 0 Å². The van der Waals surface area contributed by atoms with Crippen molar-refractivity contribution in [3.63, 3.8) is 0 Å². The van der Waals surface area contributed by atoms with E-state index in [1.54, 1.807) is 17.8 Å². The fraction of sp³-hybridized carbons (Fsp3) is 0.455. The van der Waals surface area contributed by atoms with Crippen LogP contribution in [0.4, 0.5) is 13.2 Å². The van der Waals surface area contributed by atoms with Gasteiger partial charge in [0.05, 0.1) is 5.56 Å². The molecule has 0 N–H and O–H groups in total. The molecule has 0 saturated heterocycles. The average Bonchev–Trinajstić information content (AvgIpc) is 2.24. The highest BCUT2D eigenvalue weighted by molar-refractivity contribution is 7.98. The molecule has 0 saturated carbocycles. The lowest BCUT2D eigenvalue weighted by atomic mass is 10.1. The zero-order valence-corrected chi connectivity index (χ0v) is 10.1. The molecule has 0 heterocycles. The predicted molar refractivity (Wildman–Crippen MR) is 62.9 cm³/mol. The summed E-state index contributed by atoms with van der Waals surface area (Å²) in [6, 6.07) is 5.45. The van der Waals surface area contributed by atoms with Gasteiger partial charge in [0.1, 0.15) is 0 Å². The molecule has 0 amide bonds. The van der Waals surface area contributed by atoms with Crippen molar-refractivity contribution in [3.8, 4) is 0 Å². The summed E-state index contributed by atoms with van der Waals surface area (Å²) in [6.07, 6.45) is -3.37. The molecule has 0 aliphatic heterocycles. The maximum absolute atomic E-state index is 12.4. The van der Waals surface area contributed by atoms with Crippen LogP contribution >= 0.6 is 23.4 Å². The Morgan fingerprint density at radius 1 is 1.25 bits per heavy atom. The van der Waals surface area contributed by atoms with Crippen LogP contribution in [0.5, 0.6) is 0 Å². The standard InChI is InChI=1S/C11H12ClF3S/c12-5-2-6-16-8-9-3-1-4-10(7-9)11(13,14)15/h1,3-4,7H,2,5-6,8H2. The highest BCUT2D eigenvalue weighted by atomic mass is 35.5. The van der Waals surface area contributed by atoms with Crippen LogP contribution in [0.3, 0.4) is 0 Å². The largest absolute Gasteiger partial charge is 0.416 e. The highest BCUT2D eigenvalue weighted by Gasteiger charge is 2.30. The average molecular weight is 269 g/mol. The molecule has 0 fully saturated rings. The van der Waals surface area contributed by atoms with Crippen molar-refractivity contribution in [2.45, 2.75) is 18.3 Å². The van der Waals surface area contributed by atoms with Gasteiger partial charge in [0.25, 0.3) is 0 Å². The van der Waals surface area contributed by atoms with Gasteiger partial charge in [-0.2, -0.15) is 24.9 Å². The summed E-state index contributed by atoms with van der Waals surface area (Å²) in [5.41, 5.74) is 0.123. The summed E-state index contributed by atoms with van der Waals surface area (Å²) in [5, 5.41) is 0. The Morgan fingerprint density at radius 2 is 2.00 bits per heavy atom. The third kappa shape index (κ3) is 4.66. The summed E-state index contributed by atoms with van der Waals surface area (Å²) < 4.78 is 37.2. The second-order valence-corrected chi connectivity index (χ2v) is 4.78. The van der Waals surface area contributed by atoms with Crippen molar-refractivity contribution in [2.24, 2.45) is 0 Å². The first kappa shape index (κ1) is 13.7. The Bertz CT molecular complexity index is 325. The first-order valence-electron chi connectivity index (χ1n) is 4.84. The smallest absolute Gasteiger partial charge is 0.166 e. The van der Waals surface area contributed by atoms with Gasteiger partial charge in [0.2, 0.25) is 0 Å². The van der Waals surface area contributed by atoms with Crippen LogP contribution in [-0.4, -0.2) is 11.6 Å². The molecule has 0 atom stereocenters. The zero-order chi connectivity index (χ0) is 12.0. The quantitative estimate of drug-likeness (QED) is 0.557. The minimum absolute atomic E-state index is 0.581. The van der Waals surface area contributed by atoms with Crippen LogP contribution in [0, 0.1) is 0 Å². The molecule has 0 radical (unpaired) electrons. The van der Waals surface area contributed by atoms with Crippen LogP contribution in [-0.2, 0) is 11.9 Å². The van der Waals surface area contributed by atoms with Gasteiger partial charge in [-0.1, -0.05) is 18.2 Å². The van der Waals surface area contributed by atoms with Crippen molar-refractivity contribution < 1.29 is 13.2 Å². The van der Waals surface area contributed by atoms with E-state index in [9.17, 15) is 13.2 Å². The lowest BCUT2D eigenvalue weighted by Crippen LogP contribution is -2.04. The summed E-state index contributed by atoms with van der Waals surface area (Å²) in [5.74, 6) is 2.07. The molecule has 0 spiro atoms. The monoisotopic (exact) mass is 268 g/mol. The number of hydrogen-bond acceptors (Lipinski definition) is 1. The third-order valence-electron chi connectivity index (χ3n) is 1.95. The Kier molecular flexibility index (Phi) is 5.49. The summed E-state index contributed by atoms with van der Waals surface area (Å²) in [4.78, 5) is 0. The fourth-order valence-electron chi connectivity index (χ4n) is 1.18. The molecular formula is C11H12ClF3S. The first-order chi connectivity index (χ1) is 7.54.